The smallest absolute Gasteiger partial charge is 0.203 e. The number of benzene rings is 1. The standard InChI is InChI=1S/C48H78N2O4/c1-5-9-13-17-21-25-33-49(34-26-22-18-14-10-6-2)39-29-31-41(43(51)37-39)45-47(53)46(48(45)54)42-32-30-40(38-44(42)52)50(35-27-23-19-15-11-7-3)36-28-24-20-16-12-8-4/h29-32,37-38,45,47,51,53H,5-28,33-36H2,1-4H3/p+1. The SMILES string of the molecule is CCCCCCCCN(CCCCCCCC)c1ccc(C2C(=O)C(=C3C=CC(=[N+](CCCCCCCC)CCCCCCCC)C=C3O)C2O)c(O)c1. The topological polar surface area (TPSA) is 84.0 Å². The van der Waals surface area contributed by atoms with E-state index in [-0.39, 0.29) is 22.9 Å². The third kappa shape index (κ3) is 15.0. The summed E-state index contributed by atoms with van der Waals surface area (Å²) in [6.45, 7) is 12.8. The predicted octanol–water partition coefficient (Wildman–Crippen LogP) is 12.4. The van der Waals surface area contributed by atoms with Crippen LogP contribution in [0.2, 0.25) is 0 Å². The molecule has 0 saturated heterocycles. The molecule has 6 nitrogen and oxygen atoms in total. The number of ketones is 1. The van der Waals surface area contributed by atoms with E-state index >= 15 is 0 Å². The van der Waals surface area contributed by atoms with Gasteiger partial charge in [0.25, 0.3) is 0 Å². The van der Waals surface area contributed by atoms with E-state index in [4.69, 9.17) is 0 Å². The molecule has 3 rings (SSSR count). The maximum Gasteiger partial charge on any atom is 0.203 e. The summed E-state index contributed by atoms with van der Waals surface area (Å²) in [4.78, 5) is 16.1. The zero-order valence-electron chi connectivity index (χ0n) is 35.1. The minimum atomic E-state index is -1.09. The monoisotopic (exact) mass is 748 g/mol. The molecule has 304 valence electrons. The number of aromatic hydroxyl groups is 1. The predicted molar refractivity (Wildman–Crippen MR) is 229 cm³/mol. The summed E-state index contributed by atoms with van der Waals surface area (Å²) < 4.78 is 2.39. The van der Waals surface area contributed by atoms with E-state index in [2.05, 4.69) is 37.2 Å². The van der Waals surface area contributed by atoms with Gasteiger partial charge in [-0.1, -0.05) is 149 Å². The average molecular weight is 748 g/mol. The van der Waals surface area contributed by atoms with E-state index in [1.54, 1.807) is 18.2 Å². The van der Waals surface area contributed by atoms with E-state index in [1.165, 1.54) is 128 Å². The molecule has 1 aromatic carbocycles. The first-order chi connectivity index (χ1) is 26.4. The summed E-state index contributed by atoms with van der Waals surface area (Å²) >= 11 is 0. The van der Waals surface area contributed by atoms with Crippen molar-refractivity contribution < 1.29 is 24.7 Å². The molecule has 2 unspecified atom stereocenters. The highest BCUT2D eigenvalue weighted by Gasteiger charge is 2.48. The number of hydrogen-bond donors (Lipinski definition) is 3. The van der Waals surface area contributed by atoms with Crippen LogP contribution in [-0.2, 0) is 4.79 Å². The van der Waals surface area contributed by atoms with Crippen molar-refractivity contribution in [1.29, 1.82) is 0 Å². The lowest BCUT2D eigenvalue weighted by Crippen LogP contribution is -2.44. The van der Waals surface area contributed by atoms with E-state index in [1.807, 2.05) is 18.2 Å². The van der Waals surface area contributed by atoms with Gasteiger partial charge in [-0.15, -0.1) is 0 Å². The fourth-order valence-corrected chi connectivity index (χ4v) is 8.14. The van der Waals surface area contributed by atoms with Crippen molar-refractivity contribution in [2.75, 3.05) is 31.1 Å². The molecular formula is C48H79N2O4+. The van der Waals surface area contributed by atoms with Gasteiger partial charge in [-0.25, -0.2) is 4.58 Å². The van der Waals surface area contributed by atoms with Gasteiger partial charge in [0.15, 0.2) is 5.78 Å². The van der Waals surface area contributed by atoms with E-state index in [0.29, 0.717) is 11.1 Å². The lowest BCUT2D eigenvalue weighted by Gasteiger charge is -2.36. The molecule has 3 N–H and O–H groups in total. The fraction of sp³-hybridized carbons (Fsp3) is 0.708. The summed E-state index contributed by atoms with van der Waals surface area (Å²) in [5.41, 5.74) is 3.03. The number of anilines is 1. The number of aliphatic hydroxyl groups excluding tert-OH is 2. The van der Waals surface area contributed by atoms with Crippen LogP contribution in [0.15, 0.2) is 53.3 Å². The van der Waals surface area contributed by atoms with Gasteiger partial charge >= 0.3 is 0 Å². The quantitative estimate of drug-likeness (QED) is 0.0415. The van der Waals surface area contributed by atoms with Gasteiger partial charge < -0.3 is 20.2 Å². The van der Waals surface area contributed by atoms with Crippen LogP contribution in [0.1, 0.15) is 193 Å². The van der Waals surface area contributed by atoms with Crippen LogP contribution in [-0.4, -0.2) is 63.7 Å². The van der Waals surface area contributed by atoms with Gasteiger partial charge in [-0.05, 0) is 37.8 Å². The van der Waals surface area contributed by atoms with Gasteiger partial charge in [-0.2, -0.15) is 0 Å². The van der Waals surface area contributed by atoms with E-state index in [9.17, 15) is 20.1 Å². The first-order valence-electron chi connectivity index (χ1n) is 22.6. The van der Waals surface area contributed by atoms with Crippen LogP contribution in [0.4, 0.5) is 5.69 Å². The van der Waals surface area contributed by atoms with Crippen molar-refractivity contribution in [3.05, 3.63) is 58.9 Å². The molecule has 0 bridgehead atoms. The van der Waals surface area contributed by atoms with Crippen LogP contribution in [0.25, 0.3) is 0 Å². The first-order valence-corrected chi connectivity index (χ1v) is 22.6. The summed E-state index contributed by atoms with van der Waals surface area (Å²) in [5, 5.41) is 33.9. The van der Waals surface area contributed by atoms with Crippen molar-refractivity contribution in [3.8, 4) is 5.75 Å². The Hall–Kier alpha value is -2.86. The summed E-state index contributed by atoms with van der Waals surface area (Å²) in [5.74, 6) is -0.987. The Balaban J connectivity index is 1.71. The Morgan fingerprint density at radius 3 is 1.52 bits per heavy atom. The van der Waals surface area contributed by atoms with Crippen molar-refractivity contribution in [1.82, 2.24) is 0 Å². The van der Waals surface area contributed by atoms with Crippen LogP contribution in [0, 0.1) is 0 Å². The molecule has 2 atom stereocenters. The molecule has 0 heterocycles. The molecule has 0 aromatic heterocycles. The molecule has 0 spiro atoms. The van der Waals surface area contributed by atoms with E-state index in [0.717, 1.165) is 63.3 Å². The second-order valence-corrected chi connectivity index (χ2v) is 16.2. The van der Waals surface area contributed by atoms with Crippen LogP contribution >= 0.6 is 0 Å². The number of aliphatic hydroxyl groups is 2. The van der Waals surface area contributed by atoms with Crippen molar-refractivity contribution >= 4 is 17.2 Å². The average Bonchev–Trinajstić information content (AvgIpc) is 3.17. The Kier molecular flexibility index (Phi) is 22.6. The first kappa shape index (κ1) is 45.5. The number of carbonyl (C=O) groups is 1. The number of Topliss-reactive ketones (excluding diaryl/α,β-unsaturated/α-hetero) is 1. The Bertz CT molecular complexity index is 1320. The minimum absolute atomic E-state index is 0.0313. The minimum Gasteiger partial charge on any atom is -0.508 e. The second kappa shape index (κ2) is 26.9. The maximum atomic E-state index is 13.7. The lowest BCUT2D eigenvalue weighted by molar-refractivity contribution is -0.527. The number of phenolic OH excluding ortho intramolecular Hbond substituents is 1. The van der Waals surface area contributed by atoms with Gasteiger partial charge in [0.05, 0.1) is 18.1 Å². The number of rotatable bonds is 30. The molecule has 0 amide bonds. The van der Waals surface area contributed by atoms with Crippen LogP contribution in [0.3, 0.4) is 0 Å². The largest absolute Gasteiger partial charge is 0.508 e. The van der Waals surface area contributed by atoms with Gasteiger partial charge in [0.2, 0.25) is 5.71 Å². The molecule has 0 radical (unpaired) electrons. The lowest BCUT2D eigenvalue weighted by atomic mass is 9.69. The number of unbranched alkanes of at least 4 members (excludes halogenated alkanes) is 20. The highest BCUT2D eigenvalue weighted by atomic mass is 16.3. The fourth-order valence-electron chi connectivity index (χ4n) is 8.14. The number of nitrogens with zero attached hydrogens (tertiary/aromatic N) is 2. The zero-order valence-corrected chi connectivity index (χ0v) is 35.1. The maximum absolute atomic E-state index is 13.7. The summed E-state index contributed by atoms with van der Waals surface area (Å²) in [7, 11) is 0. The Morgan fingerprint density at radius 2 is 1.07 bits per heavy atom. The van der Waals surface area contributed by atoms with Crippen LogP contribution in [0.5, 0.6) is 5.75 Å². The van der Waals surface area contributed by atoms with Crippen molar-refractivity contribution in [2.45, 2.75) is 194 Å². The molecule has 1 fully saturated rings. The number of carbonyl (C=O) groups excluding carboxylic acids is 1. The van der Waals surface area contributed by atoms with Gasteiger partial charge in [-0.3, -0.25) is 4.79 Å². The molecule has 0 aliphatic heterocycles. The van der Waals surface area contributed by atoms with Crippen LogP contribution < -0.4 is 4.90 Å². The molecule has 1 aromatic rings. The van der Waals surface area contributed by atoms with Crippen molar-refractivity contribution in [3.63, 3.8) is 0 Å². The summed E-state index contributed by atoms with van der Waals surface area (Å²) in [6, 6.07) is 5.62. The number of hydrogen-bond acceptors (Lipinski definition) is 5. The Labute approximate surface area is 330 Å². The third-order valence-corrected chi connectivity index (χ3v) is 11.6. The van der Waals surface area contributed by atoms with Gasteiger partial charge in [0.1, 0.15) is 24.6 Å². The Morgan fingerprint density at radius 1 is 0.611 bits per heavy atom. The summed E-state index contributed by atoms with van der Waals surface area (Å²) in [6.07, 6.45) is 34.2. The molecular weight excluding hydrogens is 669 g/mol. The van der Waals surface area contributed by atoms with Gasteiger partial charge in [0, 0.05) is 60.5 Å². The molecule has 1 saturated carbocycles. The molecule has 6 heteroatoms. The molecule has 54 heavy (non-hydrogen) atoms. The number of phenols is 1. The third-order valence-electron chi connectivity index (χ3n) is 11.6. The highest BCUT2D eigenvalue weighted by Crippen LogP contribution is 2.45. The van der Waals surface area contributed by atoms with Crippen molar-refractivity contribution in [2.24, 2.45) is 0 Å². The van der Waals surface area contributed by atoms with E-state index < -0.39 is 12.0 Å². The second-order valence-electron chi connectivity index (χ2n) is 16.2. The zero-order chi connectivity index (χ0) is 39.0. The molecule has 2 aliphatic carbocycles. The molecule has 2 aliphatic rings. The normalized spacial score (nSPS) is 18.3. The highest BCUT2D eigenvalue weighted by molar-refractivity contribution is 6.12. The number of allylic oxidation sites excluding steroid dienone is 3.